The number of hydrazine groups is 1. The van der Waals surface area contributed by atoms with E-state index in [1.165, 1.54) is 29.9 Å². The van der Waals surface area contributed by atoms with E-state index >= 15 is 0 Å². The minimum absolute atomic E-state index is 0.343. The third kappa shape index (κ3) is 2.75. The molecule has 2 N–H and O–H groups in total. The van der Waals surface area contributed by atoms with Gasteiger partial charge in [-0.15, -0.1) is 11.3 Å². The van der Waals surface area contributed by atoms with Crippen molar-refractivity contribution in [1.29, 1.82) is 0 Å². The molecular formula is C10H7BrN2O3S. The average molecular weight is 315 g/mol. The number of hydrogen-bond acceptors (Lipinski definition) is 4. The Kier molecular flexibility index (Phi) is 3.60. The van der Waals surface area contributed by atoms with Crippen LogP contribution in [0.2, 0.25) is 0 Å². The summed E-state index contributed by atoms with van der Waals surface area (Å²) in [6.07, 6.45) is 2.68. The van der Waals surface area contributed by atoms with Gasteiger partial charge in [0, 0.05) is 4.47 Å². The molecule has 0 bridgehead atoms. The highest BCUT2D eigenvalue weighted by molar-refractivity contribution is 9.10. The number of amides is 2. The lowest BCUT2D eigenvalue weighted by Crippen LogP contribution is -2.41. The predicted molar refractivity (Wildman–Crippen MR) is 65.7 cm³/mol. The minimum atomic E-state index is -0.431. The topological polar surface area (TPSA) is 71.3 Å². The van der Waals surface area contributed by atoms with E-state index in [0.717, 1.165) is 0 Å². The lowest BCUT2D eigenvalue weighted by molar-refractivity contribution is 0.0848. The van der Waals surface area contributed by atoms with E-state index in [1.807, 2.05) is 0 Å². The van der Waals surface area contributed by atoms with E-state index in [1.54, 1.807) is 11.4 Å². The minimum Gasteiger partial charge on any atom is -0.472 e. The summed E-state index contributed by atoms with van der Waals surface area (Å²) in [7, 11) is 0. The number of nitrogens with one attached hydrogen (secondary N) is 2. The van der Waals surface area contributed by atoms with Crippen LogP contribution in [-0.4, -0.2) is 11.8 Å². The smallest absolute Gasteiger partial charge is 0.280 e. The molecule has 88 valence electrons. The van der Waals surface area contributed by atoms with Gasteiger partial charge in [0.05, 0.1) is 11.8 Å². The Labute approximate surface area is 109 Å². The molecule has 0 aliphatic carbocycles. The molecule has 2 aromatic heterocycles. The molecule has 0 atom stereocenters. The van der Waals surface area contributed by atoms with Gasteiger partial charge in [-0.05, 0) is 33.4 Å². The van der Waals surface area contributed by atoms with Crippen LogP contribution in [0, 0.1) is 0 Å². The van der Waals surface area contributed by atoms with E-state index in [2.05, 4.69) is 26.8 Å². The molecule has 0 aliphatic rings. The van der Waals surface area contributed by atoms with Crippen LogP contribution in [0.15, 0.2) is 38.9 Å². The lowest BCUT2D eigenvalue weighted by Gasteiger charge is -2.04. The van der Waals surface area contributed by atoms with E-state index < -0.39 is 5.91 Å². The normalized spacial score (nSPS) is 9.94. The Morgan fingerprint density at radius 3 is 2.59 bits per heavy atom. The third-order valence-electron chi connectivity index (χ3n) is 1.90. The number of rotatable bonds is 2. The Morgan fingerprint density at radius 1 is 1.24 bits per heavy atom. The van der Waals surface area contributed by atoms with Crippen molar-refractivity contribution < 1.29 is 14.0 Å². The molecule has 2 aromatic rings. The maximum absolute atomic E-state index is 11.6. The summed E-state index contributed by atoms with van der Waals surface area (Å²) in [5, 5.41) is 1.77. The number of thiophene rings is 1. The zero-order valence-electron chi connectivity index (χ0n) is 8.40. The van der Waals surface area contributed by atoms with E-state index in [-0.39, 0.29) is 5.91 Å². The van der Waals surface area contributed by atoms with Crippen molar-refractivity contribution in [2.24, 2.45) is 0 Å². The molecule has 0 saturated heterocycles. The molecular weight excluding hydrogens is 308 g/mol. The van der Waals surface area contributed by atoms with Crippen LogP contribution in [0.25, 0.3) is 0 Å². The van der Waals surface area contributed by atoms with Gasteiger partial charge in [0.2, 0.25) is 0 Å². The Hall–Kier alpha value is -1.60. The number of carbonyl (C=O) groups excluding carboxylic acids is 2. The maximum Gasteiger partial charge on any atom is 0.280 e. The molecule has 0 radical (unpaired) electrons. The van der Waals surface area contributed by atoms with Crippen LogP contribution < -0.4 is 10.9 Å². The van der Waals surface area contributed by atoms with Crippen LogP contribution in [0.3, 0.4) is 0 Å². The Balaban J connectivity index is 1.93. The SMILES string of the molecule is O=C(NNC(=O)c1sccc1Br)c1ccoc1. The van der Waals surface area contributed by atoms with E-state index in [9.17, 15) is 9.59 Å². The quantitative estimate of drug-likeness (QED) is 0.835. The van der Waals surface area contributed by atoms with Gasteiger partial charge in [0.1, 0.15) is 11.1 Å². The highest BCUT2D eigenvalue weighted by Crippen LogP contribution is 2.21. The Bertz CT molecular complexity index is 536. The fourth-order valence-electron chi connectivity index (χ4n) is 1.09. The zero-order valence-corrected chi connectivity index (χ0v) is 10.8. The molecule has 0 aromatic carbocycles. The molecule has 7 heteroatoms. The molecule has 2 amide bonds. The van der Waals surface area contributed by atoms with Crippen molar-refractivity contribution in [3.8, 4) is 0 Å². The summed E-state index contributed by atoms with van der Waals surface area (Å²) in [4.78, 5) is 23.6. The summed E-state index contributed by atoms with van der Waals surface area (Å²) in [5.74, 6) is -0.802. The molecule has 2 heterocycles. The fraction of sp³-hybridized carbons (Fsp3) is 0. The summed E-state index contributed by atoms with van der Waals surface area (Å²) in [6.45, 7) is 0. The van der Waals surface area contributed by atoms with Gasteiger partial charge in [-0.25, -0.2) is 0 Å². The molecule has 5 nitrogen and oxygen atoms in total. The molecule has 2 rings (SSSR count). The third-order valence-corrected chi connectivity index (χ3v) is 3.73. The second-order valence-electron chi connectivity index (χ2n) is 3.02. The maximum atomic E-state index is 11.6. The van der Waals surface area contributed by atoms with Crippen molar-refractivity contribution in [3.63, 3.8) is 0 Å². The van der Waals surface area contributed by atoms with Crippen molar-refractivity contribution in [2.45, 2.75) is 0 Å². The summed E-state index contributed by atoms with van der Waals surface area (Å²) >= 11 is 4.51. The van der Waals surface area contributed by atoms with Crippen molar-refractivity contribution in [3.05, 3.63) is 45.0 Å². The van der Waals surface area contributed by atoms with Gasteiger partial charge in [-0.1, -0.05) is 0 Å². The van der Waals surface area contributed by atoms with Crippen LogP contribution in [0.5, 0.6) is 0 Å². The van der Waals surface area contributed by atoms with Gasteiger partial charge in [0.15, 0.2) is 0 Å². The van der Waals surface area contributed by atoms with Gasteiger partial charge in [0.25, 0.3) is 11.8 Å². The largest absolute Gasteiger partial charge is 0.472 e. The first kappa shape index (κ1) is 11.9. The number of carbonyl (C=O) groups is 2. The Morgan fingerprint density at radius 2 is 2.00 bits per heavy atom. The number of furan rings is 1. The molecule has 0 saturated carbocycles. The van der Waals surface area contributed by atoms with Gasteiger partial charge in [-0.3, -0.25) is 20.4 Å². The fourth-order valence-corrected chi connectivity index (χ4v) is 2.54. The molecule has 17 heavy (non-hydrogen) atoms. The van der Waals surface area contributed by atoms with Crippen LogP contribution in [-0.2, 0) is 0 Å². The highest BCUT2D eigenvalue weighted by Gasteiger charge is 2.13. The van der Waals surface area contributed by atoms with E-state index in [4.69, 9.17) is 4.42 Å². The van der Waals surface area contributed by atoms with Gasteiger partial charge in [-0.2, -0.15) is 0 Å². The molecule has 0 fully saturated rings. The van der Waals surface area contributed by atoms with E-state index in [0.29, 0.717) is 14.9 Å². The monoisotopic (exact) mass is 314 g/mol. The number of hydrogen-bond donors (Lipinski definition) is 2. The van der Waals surface area contributed by atoms with Crippen LogP contribution in [0.1, 0.15) is 20.0 Å². The first-order chi connectivity index (χ1) is 8.18. The summed E-state index contributed by atoms with van der Waals surface area (Å²) in [5.41, 5.74) is 4.94. The second kappa shape index (κ2) is 5.15. The standard InChI is InChI=1S/C10H7BrN2O3S/c11-7-2-4-17-8(7)10(15)13-12-9(14)6-1-3-16-5-6/h1-5H,(H,12,14)(H,13,15). The van der Waals surface area contributed by atoms with Crippen LogP contribution in [0.4, 0.5) is 0 Å². The first-order valence-corrected chi connectivity index (χ1v) is 6.21. The highest BCUT2D eigenvalue weighted by atomic mass is 79.9. The second-order valence-corrected chi connectivity index (χ2v) is 4.79. The predicted octanol–water partition coefficient (Wildman–Crippen LogP) is 2.18. The van der Waals surface area contributed by atoms with Crippen molar-refractivity contribution >= 4 is 39.1 Å². The zero-order chi connectivity index (χ0) is 12.3. The van der Waals surface area contributed by atoms with Crippen molar-refractivity contribution in [1.82, 2.24) is 10.9 Å². The summed E-state index contributed by atoms with van der Waals surface area (Å²) in [6, 6.07) is 3.26. The van der Waals surface area contributed by atoms with Gasteiger partial charge >= 0.3 is 0 Å². The average Bonchev–Trinajstić information content (AvgIpc) is 2.95. The molecule has 0 unspecified atom stereocenters. The molecule has 0 aliphatic heterocycles. The first-order valence-electron chi connectivity index (χ1n) is 4.54. The molecule has 0 spiro atoms. The van der Waals surface area contributed by atoms with Crippen LogP contribution >= 0.6 is 27.3 Å². The van der Waals surface area contributed by atoms with Crippen molar-refractivity contribution in [2.75, 3.05) is 0 Å². The summed E-state index contributed by atoms with van der Waals surface area (Å²) < 4.78 is 5.45. The van der Waals surface area contributed by atoms with Gasteiger partial charge < -0.3 is 4.42 Å². The number of halogens is 1. The lowest BCUT2D eigenvalue weighted by atomic mass is 10.3.